The number of primary amides is 1. The number of hydrogen-bond donors (Lipinski definition) is 2. The first-order chi connectivity index (χ1) is 13.1. The van der Waals surface area contributed by atoms with Crippen LogP contribution in [0.5, 0.6) is 0 Å². The SMILES string of the molecule is CCCc1ccc(NC(=O)CSc2nnc(C3CC3)n2CCC(N)=O)cc1. The number of anilines is 1. The zero-order valence-electron chi connectivity index (χ0n) is 15.5. The molecule has 144 valence electrons. The number of hydrogen-bond acceptors (Lipinski definition) is 5. The second-order valence-corrected chi connectivity index (χ2v) is 7.71. The minimum Gasteiger partial charge on any atom is -0.370 e. The van der Waals surface area contributed by atoms with Crippen molar-refractivity contribution in [3.63, 3.8) is 0 Å². The molecule has 3 rings (SSSR count). The highest BCUT2D eigenvalue weighted by atomic mass is 32.2. The van der Waals surface area contributed by atoms with Crippen LogP contribution in [0.3, 0.4) is 0 Å². The molecule has 27 heavy (non-hydrogen) atoms. The quantitative estimate of drug-likeness (QED) is 0.610. The van der Waals surface area contributed by atoms with Gasteiger partial charge in [0.25, 0.3) is 0 Å². The second-order valence-electron chi connectivity index (χ2n) is 6.77. The van der Waals surface area contributed by atoms with Crippen molar-refractivity contribution in [2.24, 2.45) is 5.73 Å². The summed E-state index contributed by atoms with van der Waals surface area (Å²) in [6.45, 7) is 2.60. The molecule has 1 aliphatic carbocycles. The third-order valence-electron chi connectivity index (χ3n) is 4.38. The molecule has 1 aromatic carbocycles. The van der Waals surface area contributed by atoms with E-state index in [1.54, 1.807) is 0 Å². The van der Waals surface area contributed by atoms with Crippen LogP contribution in [0, 0.1) is 0 Å². The van der Waals surface area contributed by atoms with Crippen LogP contribution in [-0.4, -0.2) is 32.3 Å². The van der Waals surface area contributed by atoms with Gasteiger partial charge in [-0.25, -0.2) is 0 Å². The summed E-state index contributed by atoms with van der Waals surface area (Å²) in [6, 6.07) is 7.92. The third kappa shape index (κ3) is 5.56. The maximum Gasteiger partial charge on any atom is 0.234 e. The van der Waals surface area contributed by atoms with E-state index in [1.807, 2.05) is 28.8 Å². The van der Waals surface area contributed by atoms with Crippen molar-refractivity contribution >= 4 is 29.3 Å². The van der Waals surface area contributed by atoms with E-state index in [4.69, 9.17) is 5.73 Å². The van der Waals surface area contributed by atoms with E-state index < -0.39 is 0 Å². The van der Waals surface area contributed by atoms with E-state index in [9.17, 15) is 9.59 Å². The lowest BCUT2D eigenvalue weighted by Crippen LogP contribution is -2.17. The molecule has 1 aliphatic rings. The van der Waals surface area contributed by atoms with Gasteiger partial charge in [0.1, 0.15) is 5.82 Å². The van der Waals surface area contributed by atoms with Crippen molar-refractivity contribution in [1.29, 1.82) is 0 Å². The average Bonchev–Trinajstić information content (AvgIpc) is 3.40. The molecule has 1 fully saturated rings. The smallest absolute Gasteiger partial charge is 0.234 e. The summed E-state index contributed by atoms with van der Waals surface area (Å²) < 4.78 is 1.93. The van der Waals surface area contributed by atoms with Crippen molar-refractivity contribution in [2.45, 2.75) is 56.6 Å². The topological polar surface area (TPSA) is 103 Å². The van der Waals surface area contributed by atoms with Crippen LogP contribution in [-0.2, 0) is 22.6 Å². The van der Waals surface area contributed by atoms with Gasteiger partial charge in [-0.15, -0.1) is 10.2 Å². The normalized spacial score (nSPS) is 13.5. The number of amides is 2. The molecular formula is C19H25N5O2S. The largest absolute Gasteiger partial charge is 0.370 e. The standard InChI is InChI=1S/C19H25N5O2S/c1-2-3-13-4-8-15(9-5-13)21-17(26)12-27-19-23-22-18(14-6-7-14)24(19)11-10-16(20)25/h4-5,8-9,14H,2-3,6-7,10-12H2,1H3,(H2,20,25)(H,21,26). The van der Waals surface area contributed by atoms with Crippen LogP contribution < -0.4 is 11.1 Å². The lowest BCUT2D eigenvalue weighted by molar-refractivity contribution is -0.118. The van der Waals surface area contributed by atoms with Crippen LogP contribution in [0.25, 0.3) is 0 Å². The van der Waals surface area contributed by atoms with Crippen LogP contribution in [0.15, 0.2) is 29.4 Å². The predicted molar refractivity (Wildman–Crippen MR) is 106 cm³/mol. The van der Waals surface area contributed by atoms with Gasteiger partial charge < -0.3 is 15.6 Å². The number of carbonyl (C=O) groups is 2. The lowest BCUT2D eigenvalue weighted by atomic mass is 10.1. The molecule has 1 aromatic heterocycles. The molecule has 0 spiro atoms. The average molecular weight is 388 g/mol. The van der Waals surface area contributed by atoms with Crippen LogP contribution in [0.4, 0.5) is 5.69 Å². The van der Waals surface area contributed by atoms with E-state index >= 15 is 0 Å². The predicted octanol–water partition coefficient (Wildman–Crippen LogP) is 2.71. The Morgan fingerprint density at radius 1 is 1.26 bits per heavy atom. The Bertz CT molecular complexity index is 799. The molecule has 0 atom stereocenters. The van der Waals surface area contributed by atoms with E-state index in [0.29, 0.717) is 17.6 Å². The Kier molecular flexibility index (Phi) is 6.49. The third-order valence-corrected chi connectivity index (χ3v) is 5.35. The van der Waals surface area contributed by atoms with Gasteiger partial charge in [0.05, 0.1) is 5.75 Å². The Hall–Kier alpha value is -2.35. The highest BCUT2D eigenvalue weighted by molar-refractivity contribution is 7.99. The fourth-order valence-electron chi connectivity index (χ4n) is 2.85. The Morgan fingerprint density at radius 2 is 2.00 bits per heavy atom. The Labute approximate surface area is 163 Å². The molecule has 0 unspecified atom stereocenters. The second kappa shape index (κ2) is 9.03. The minimum absolute atomic E-state index is 0.0966. The van der Waals surface area contributed by atoms with E-state index in [-0.39, 0.29) is 24.0 Å². The summed E-state index contributed by atoms with van der Waals surface area (Å²) in [4.78, 5) is 23.4. The van der Waals surface area contributed by atoms with E-state index in [0.717, 1.165) is 37.2 Å². The van der Waals surface area contributed by atoms with Gasteiger partial charge in [0.15, 0.2) is 5.16 Å². The Morgan fingerprint density at radius 3 is 2.63 bits per heavy atom. The summed E-state index contributed by atoms with van der Waals surface area (Å²) in [6.07, 6.45) is 4.55. The summed E-state index contributed by atoms with van der Waals surface area (Å²) in [5.74, 6) is 1.09. The van der Waals surface area contributed by atoms with Gasteiger partial charge in [-0.2, -0.15) is 0 Å². The number of nitrogens with two attached hydrogens (primary N) is 1. The van der Waals surface area contributed by atoms with Gasteiger partial charge in [0, 0.05) is 24.6 Å². The number of benzene rings is 1. The minimum atomic E-state index is -0.356. The first-order valence-electron chi connectivity index (χ1n) is 9.29. The van der Waals surface area contributed by atoms with Crippen LogP contribution in [0.2, 0.25) is 0 Å². The van der Waals surface area contributed by atoms with Crippen molar-refractivity contribution in [2.75, 3.05) is 11.1 Å². The van der Waals surface area contributed by atoms with Gasteiger partial charge in [0.2, 0.25) is 11.8 Å². The van der Waals surface area contributed by atoms with Gasteiger partial charge in [-0.1, -0.05) is 37.2 Å². The molecule has 0 radical (unpaired) electrons. The number of thioether (sulfide) groups is 1. The van der Waals surface area contributed by atoms with Gasteiger partial charge in [-0.3, -0.25) is 9.59 Å². The van der Waals surface area contributed by atoms with Crippen LogP contribution >= 0.6 is 11.8 Å². The van der Waals surface area contributed by atoms with E-state index in [2.05, 4.69) is 22.4 Å². The maximum atomic E-state index is 12.3. The number of aryl methyl sites for hydroxylation is 1. The van der Waals surface area contributed by atoms with Crippen molar-refractivity contribution in [3.8, 4) is 0 Å². The number of aromatic nitrogens is 3. The van der Waals surface area contributed by atoms with Crippen molar-refractivity contribution in [3.05, 3.63) is 35.7 Å². The summed E-state index contributed by atoms with van der Waals surface area (Å²) in [5.41, 5.74) is 7.32. The first kappa shape index (κ1) is 19.4. The first-order valence-corrected chi connectivity index (χ1v) is 10.3. The molecule has 3 N–H and O–H groups in total. The fraction of sp³-hybridized carbons (Fsp3) is 0.474. The highest BCUT2D eigenvalue weighted by Gasteiger charge is 2.30. The molecule has 1 heterocycles. The number of nitrogens with one attached hydrogen (secondary N) is 1. The monoisotopic (exact) mass is 387 g/mol. The zero-order chi connectivity index (χ0) is 19.2. The molecule has 7 nitrogen and oxygen atoms in total. The summed E-state index contributed by atoms with van der Waals surface area (Å²) in [7, 11) is 0. The molecule has 0 aliphatic heterocycles. The summed E-state index contributed by atoms with van der Waals surface area (Å²) >= 11 is 1.33. The molecule has 1 saturated carbocycles. The molecule has 8 heteroatoms. The highest BCUT2D eigenvalue weighted by Crippen LogP contribution is 2.40. The molecular weight excluding hydrogens is 362 g/mol. The maximum absolute atomic E-state index is 12.3. The van der Waals surface area contributed by atoms with Gasteiger partial charge >= 0.3 is 0 Å². The zero-order valence-corrected chi connectivity index (χ0v) is 16.3. The van der Waals surface area contributed by atoms with Crippen molar-refractivity contribution in [1.82, 2.24) is 14.8 Å². The van der Waals surface area contributed by atoms with Crippen molar-refractivity contribution < 1.29 is 9.59 Å². The molecule has 0 bridgehead atoms. The number of carbonyl (C=O) groups excluding carboxylic acids is 2. The molecule has 2 amide bonds. The molecule has 2 aromatic rings. The Balaban J connectivity index is 1.57. The number of rotatable bonds is 10. The lowest BCUT2D eigenvalue weighted by Gasteiger charge is -2.09. The van der Waals surface area contributed by atoms with Crippen LogP contribution in [0.1, 0.15) is 49.9 Å². The summed E-state index contributed by atoms with van der Waals surface area (Å²) in [5, 5.41) is 12.0. The van der Waals surface area contributed by atoms with E-state index in [1.165, 1.54) is 17.3 Å². The number of nitrogens with zero attached hydrogens (tertiary/aromatic N) is 3. The van der Waals surface area contributed by atoms with Gasteiger partial charge in [-0.05, 0) is 37.0 Å². The molecule has 0 saturated heterocycles. The fourth-order valence-corrected chi connectivity index (χ4v) is 3.62.